The van der Waals surface area contributed by atoms with Gasteiger partial charge in [0.25, 0.3) is 0 Å². The van der Waals surface area contributed by atoms with Gasteiger partial charge in [0.2, 0.25) is 0 Å². The van der Waals surface area contributed by atoms with Crippen LogP contribution in [0.15, 0.2) is 42.5 Å². The summed E-state index contributed by atoms with van der Waals surface area (Å²) in [5.74, 6) is 0.846. The van der Waals surface area contributed by atoms with Crippen LogP contribution in [0.2, 0.25) is 5.02 Å². The van der Waals surface area contributed by atoms with Crippen LogP contribution < -0.4 is 4.74 Å². The van der Waals surface area contributed by atoms with Crippen molar-refractivity contribution in [2.75, 3.05) is 0 Å². The van der Waals surface area contributed by atoms with E-state index in [1.54, 1.807) is 12.1 Å². The molecular formula is C15H10BClO2. The number of carbonyl (C=O) groups is 1. The fraction of sp³-hybridized carbons (Fsp3) is 0.133. The molecule has 0 fully saturated rings. The van der Waals surface area contributed by atoms with E-state index in [2.05, 4.69) is 0 Å². The third-order valence-corrected chi connectivity index (χ3v) is 3.48. The lowest BCUT2D eigenvalue weighted by Gasteiger charge is -2.11. The van der Waals surface area contributed by atoms with E-state index in [4.69, 9.17) is 24.2 Å². The van der Waals surface area contributed by atoms with Gasteiger partial charge in [-0.2, -0.15) is 0 Å². The van der Waals surface area contributed by atoms with Crippen LogP contribution in [-0.2, 0) is 6.42 Å². The second-order valence-corrected chi connectivity index (χ2v) is 4.99. The number of rotatable bonds is 2. The summed E-state index contributed by atoms with van der Waals surface area (Å²) in [5, 5.41) is 0.703. The smallest absolute Gasteiger partial charge is 0.175 e. The minimum atomic E-state index is -0.430. The molecule has 0 aromatic heterocycles. The molecule has 1 unspecified atom stereocenters. The van der Waals surface area contributed by atoms with Crippen molar-refractivity contribution in [3.63, 3.8) is 0 Å². The van der Waals surface area contributed by atoms with Crippen LogP contribution in [-0.4, -0.2) is 13.5 Å². The minimum Gasteiger partial charge on any atom is -0.485 e. The lowest BCUT2D eigenvalue weighted by molar-refractivity contribution is 0.108. The number of hydrogen-bond donors (Lipinski definition) is 0. The highest BCUT2D eigenvalue weighted by molar-refractivity contribution is 6.62. The number of hydrogen-bond acceptors (Lipinski definition) is 2. The molecule has 0 aliphatic carbocycles. The van der Waals surface area contributed by atoms with Gasteiger partial charge in [-0.1, -0.05) is 29.8 Å². The number of carbonyl (C=O) groups excluding carboxylic acids is 1. The topological polar surface area (TPSA) is 26.3 Å². The Morgan fingerprint density at radius 2 is 2.11 bits per heavy atom. The van der Waals surface area contributed by atoms with E-state index >= 15 is 0 Å². The Morgan fingerprint density at radius 1 is 1.26 bits per heavy atom. The van der Waals surface area contributed by atoms with Crippen LogP contribution in [0.25, 0.3) is 0 Å². The maximum atomic E-state index is 11.2. The van der Waals surface area contributed by atoms with E-state index in [-0.39, 0.29) is 6.10 Å². The first kappa shape index (κ1) is 12.3. The molecule has 1 aliphatic heterocycles. The molecule has 2 nitrogen and oxygen atoms in total. The van der Waals surface area contributed by atoms with E-state index in [0.717, 1.165) is 23.3 Å². The zero-order valence-corrected chi connectivity index (χ0v) is 10.9. The molecule has 19 heavy (non-hydrogen) atoms. The Hall–Kier alpha value is -1.74. The number of fused-ring (bicyclic) bond motifs is 1. The molecule has 1 heterocycles. The third kappa shape index (κ3) is 2.38. The normalized spacial score (nSPS) is 16.8. The quantitative estimate of drug-likeness (QED) is 0.781. The number of ether oxygens (including phenoxy) is 1. The van der Waals surface area contributed by atoms with Crippen LogP contribution in [0, 0.1) is 0 Å². The van der Waals surface area contributed by atoms with Gasteiger partial charge in [0.1, 0.15) is 17.5 Å². The van der Waals surface area contributed by atoms with Crippen LogP contribution in [0.3, 0.4) is 0 Å². The monoisotopic (exact) mass is 268 g/mol. The van der Waals surface area contributed by atoms with Gasteiger partial charge in [-0.25, -0.2) is 0 Å². The molecule has 4 heteroatoms. The second kappa shape index (κ2) is 4.74. The zero-order valence-electron chi connectivity index (χ0n) is 10.1. The maximum absolute atomic E-state index is 11.2. The first-order valence-corrected chi connectivity index (χ1v) is 6.36. The van der Waals surface area contributed by atoms with Crippen molar-refractivity contribution in [3.05, 3.63) is 64.2 Å². The van der Waals surface area contributed by atoms with E-state index in [1.165, 1.54) is 0 Å². The van der Waals surface area contributed by atoms with E-state index < -0.39 is 5.68 Å². The summed E-state index contributed by atoms with van der Waals surface area (Å²) in [4.78, 5) is 11.2. The average Bonchev–Trinajstić information content (AvgIpc) is 2.81. The zero-order chi connectivity index (χ0) is 13.4. The molecule has 0 spiro atoms. The predicted molar refractivity (Wildman–Crippen MR) is 75.1 cm³/mol. The van der Waals surface area contributed by atoms with Crippen molar-refractivity contribution < 1.29 is 9.53 Å². The lowest BCUT2D eigenvalue weighted by atomic mass is 9.92. The van der Waals surface area contributed by atoms with Gasteiger partial charge in [-0.05, 0) is 35.4 Å². The van der Waals surface area contributed by atoms with Crippen LogP contribution in [0.4, 0.5) is 0 Å². The molecule has 92 valence electrons. The fourth-order valence-electron chi connectivity index (χ4n) is 2.30. The molecule has 0 saturated carbocycles. The van der Waals surface area contributed by atoms with Crippen molar-refractivity contribution >= 4 is 25.1 Å². The van der Waals surface area contributed by atoms with Gasteiger partial charge in [0, 0.05) is 17.0 Å². The minimum absolute atomic E-state index is 0.0900. The molecular weight excluding hydrogens is 258 g/mol. The summed E-state index contributed by atoms with van der Waals surface area (Å²) in [6.07, 6.45) is 0.658. The summed E-state index contributed by atoms with van der Waals surface area (Å²) >= 11 is 5.97. The molecule has 0 amide bonds. The molecule has 1 atom stereocenters. The molecule has 2 aromatic rings. The van der Waals surface area contributed by atoms with Crippen molar-refractivity contribution in [2.45, 2.75) is 12.5 Å². The Bertz CT molecular complexity index is 654. The molecule has 0 saturated heterocycles. The maximum Gasteiger partial charge on any atom is 0.175 e. The molecule has 3 rings (SSSR count). The fourth-order valence-corrected chi connectivity index (χ4v) is 2.49. The number of benzene rings is 2. The third-order valence-electron chi connectivity index (χ3n) is 3.24. The predicted octanol–water partition coefficient (Wildman–Crippen LogP) is 3.32. The van der Waals surface area contributed by atoms with Gasteiger partial charge in [0.05, 0.1) is 0 Å². The highest BCUT2D eigenvalue weighted by atomic mass is 35.5. The van der Waals surface area contributed by atoms with Gasteiger partial charge in [-0.15, -0.1) is 0 Å². The van der Waals surface area contributed by atoms with E-state index in [1.807, 2.05) is 30.3 Å². The van der Waals surface area contributed by atoms with Crippen molar-refractivity contribution in [1.29, 1.82) is 0 Å². The summed E-state index contributed by atoms with van der Waals surface area (Å²) in [6.45, 7) is 0. The molecule has 2 aromatic carbocycles. The Balaban J connectivity index is 1.90. The van der Waals surface area contributed by atoms with Crippen LogP contribution >= 0.6 is 11.6 Å². The van der Waals surface area contributed by atoms with Crippen molar-refractivity contribution in [3.8, 4) is 5.75 Å². The lowest BCUT2D eigenvalue weighted by Crippen LogP contribution is -2.05. The standard InChI is InChI=1S/C15H10BClO2/c16-15(18)10-3-1-2-9(6-10)14-8-11-7-12(17)4-5-13(11)19-14/h1-7,14H,8H2. The molecule has 1 aliphatic rings. The van der Waals surface area contributed by atoms with E-state index in [0.29, 0.717) is 10.6 Å². The summed E-state index contributed by atoms with van der Waals surface area (Å²) < 4.78 is 5.87. The summed E-state index contributed by atoms with van der Waals surface area (Å²) in [5.41, 5.74) is 2.10. The highest BCUT2D eigenvalue weighted by Gasteiger charge is 2.24. The highest BCUT2D eigenvalue weighted by Crippen LogP contribution is 2.37. The van der Waals surface area contributed by atoms with E-state index in [9.17, 15) is 4.79 Å². The second-order valence-electron chi connectivity index (χ2n) is 4.55. The van der Waals surface area contributed by atoms with Gasteiger partial charge < -0.3 is 9.53 Å². The van der Waals surface area contributed by atoms with Gasteiger partial charge in [0.15, 0.2) is 7.85 Å². The molecule has 0 bridgehead atoms. The van der Waals surface area contributed by atoms with Crippen molar-refractivity contribution in [1.82, 2.24) is 0 Å². The molecule has 2 radical (unpaired) electrons. The Morgan fingerprint density at radius 3 is 2.89 bits per heavy atom. The number of halogens is 1. The Labute approximate surface area is 117 Å². The van der Waals surface area contributed by atoms with Crippen LogP contribution in [0.1, 0.15) is 27.6 Å². The SMILES string of the molecule is [B]C(=O)c1cccc(C2Cc3cc(Cl)ccc3O2)c1. The summed E-state index contributed by atoms with van der Waals surface area (Å²) in [6, 6.07) is 12.8. The Kier molecular flexibility index (Phi) is 3.07. The first-order chi connectivity index (χ1) is 9.13. The van der Waals surface area contributed by atoms with Crippen molar-refractivity contribution in [2.24, 2.45) is 0 Å². The van der Waals surface area contributed by atoms with Gasteiger partial charge >= 0.3 is 0 Å². The summed E-state index contributed by atoms with van der Waals surface area (Å²) in [7, 11) is 5.29. The molecule has 0 N–H and O–H groups in total. The van der Waals surface area contributed by atoms with Gasteiger partial charge in [-0.3, -0.25) is 0 Å². The average molecular weight is 269 g/mol. The van der Waals surface area contributed by atoms with Crippen LogP contribution in [0.5, 0.6) is 5.75 Å². The largest absolute Gasteiger partial charge is 0.485 e. The first-order valence-electron chi connectivity index (χ1n) is 5.98.